The van der Waals surface area contributed by atoms with Crippen molar-refractivity contribution in [1.29, 1.82) is 0 Å². The maximum absolute atomic E-state index is 5.59. The minimum atomic E-state index is 0.127. The van der Waals surface area contributed by atoms with Crippen molar-refractivity contribution in [2.24, 2.45) is 0 Å². The fraction of sp³-hybridized carbons (Fsp3) is 0.625. The third-order valence-electron chi connectivity index (χ3n) is 4.02. The predicted octanol–water partition coefficient (Wildman–Crippen LogP) is 3.37. The summed E-state index contributed by atoms with van der Waals surface area (Å²) in [6.45, 7) is 10.1. The number of methoxy groups -OCH3 is 1. The summed E-state index contributed by atoms with van der Waals surface area (Å²) in [4.78, 5) is 2.42. The second-order valence-corrected chi connectivity index (χ2v) is 6.54. The van der Waals surface area contributed by atoms with Crippen LogP contribution >= 0.6 is 0 Å². The largest absolute Gasteiger partial charge is 0.496 e. The van der Waals surface area contributed by atoms with Crippen LogP contribution < -0.4 is 4.74 Å². The summed E-state index contributed by atoms with van der Waals surface area (Å²) in [6, 6.07) is 5.21. The van der Waals surface area contributed by atoms with Crippen molar-refractivity contribution >= 4 is 0 Å². The first-order valence-corrected chi connectivity index (χ1v) is 6.73. The van der Waals surface area contributed by atoms with Crippen LogP contribution in [0.15, 0.2) is 12.1 Å². The lowest BCUT2D eigenvalue weighted by Gasteiger charge is -2.33. The first-order valence-electron chi connectivity index (χ1n) is 6.73. The van der Waals surface area contributed by atoms with E-state index in [0.717, 1.165) is 18.7 Å². The molecule has 0 spiro atoms. The van der Waals surface area contributed by atoms with Crippen molar-refractivity contribution in [3.63, 3.8) is 0 Å². The zero-order valence-electron chi connectivity index (χ0n) is 12.5. The maximum Gasteiger partial charge on any atom is 0.122 e. The van der Waals surface area contributed by atoms with Gasteiger partial charge in [-0.25, -0.2) is 0 Å². The van der Waals surface area contributed by atoms with E-state index in [1.165, 1.54) is 16.7 Å². The molecule has 1 aliphatic rings. The van der Waals surface area contributed by atoms with Gasteiger partial charge in [-0.2, -0.15) is 0 Å². The second kappa shape index (κ2) is 4.58. The van der Waals surface area contributed by atoms with Gasteiger partial charge in [-0.1, -0.05) is 26.8 Å². The van der Waals surface area contributed by atoms with Gasteiger partial charge in [-0.15, -0.1) is 0 Å². The molecule has 1 atom stereocenters. The van der Waals surface area contributed by atoms with Crippen molar-refractivity contribution < 1.29 is 4.74 Å². The van der Waals surface area contributed by atoms with E-state index in [9.17, 15) is 0 Å². The zero-order valence-corrected chi connectivity index (χ0v) is 12.5. The van der Waals surface area contributed by atoms with Gasteiger partial charge in [0.2, 0.25) is 0 Å². The molecule has 0 amide bonds. The number of ether oxygens (including phenoxy) is 1. The topological polar surface area (TPSA) is 12.5 Å². The molecule has 1 aromatic rings. The molecular weight excluding hydrogens is 222 g/mol. The Hall–Kier alpha value is -1.02. The number of fused-ring (bicyclic) bond motifs is 1. The Morgan fingerprint density at radius 1 is 1.22 bits per heavy atom. The first kappa shape index (κ1) is 13.4. The Morgan fingerprint density at radius 2 is 1.89 bits per heavy atom. The summed E-state index contributed by atoms with van der Waals surface area (Å²) in [6.07, 6.45) is 1.12. The first-order chi connectivity index (χ1) is 8.32. The predicted molar refractivity (Wildman–Crippen MR) is 76.3 cm³/mol. The lowest BCUT2D eigenvalue weighted by molar-refractivity contribution is 0.230. The number of benzene rings is 1. The van der Waals surface area contributed by atoms with Crippen LogP contribution in [-0.4, -0.2) is 25.1 Å². The molecule has 0 saturated carbocycles. The summed E-state index contributed by atoms with van der Waals surface area (Å²) in [5.41, 5.74) is 4.35. The van der Waals surface area contributed by atoms with Gasteiger partial charge >= 0.3 is 0 Å². The summed E-state index contributed by atoms with van der Waals surface area (Å²) in [5, 5.41) is 0. The Labute approximate surface area is 111 Å². The highest BCUT2D eigenvalue weighted by Gasteiger charge is 2.25. The van der Waals surface area contributed by atoms with Crippen LogP contribution in [0.2, 0.25) is 0 Å². The van der Waals surface area contributed by atoms with E-state index in [2.05, 4.69) is 51.8 Å². The summed E-state index contributed by atoms with van der Waals surface area (Å²) >= 11 is 0. The molecule has 1 aliphatic heterocycles. The number of likely N-dealkylation sites (N-methyl/N-ethyl adjacent to an activating group) is 1. The number of nitrogens with zero attached hydrogens (tertiary/aromatic N) is 1. The zero-order chi connectivity index (χ0) is 13.5. The maximum atomic E-state index is 5.59. The molecule has 0 bridgehead atoms. The number of rotatable bonds is 1. The van der Waals surface area contributed by atoms with Crippen molar-refractivity contribution in [1.82, 2.24) is 4.90 Å². The highest BCUT2D eigenvalue weighted by Crippen LogP contribution is 2.36. The van der Waals surface area contributed by atoms with Crippen molar-refractivity contribution in [3.8, 4) is 5.75 Å². The van der Waals surface area contributed by atoms with Crippen LogP contribution in [0, 0.1) is 0 Å². The Kier molecular flexibility index (Phi) is 3.41. The van der Waals surface area contributed by atoms with E-state index >= 15 is 0 Å². The molecule has 0 radical (unpaired) electrons. The van der Waals surface area contributed by atoms with Gasteiger partial charge in [0.15, 0.2) is 0 Å². The third kappa shape index (κ3) is 2.39. The van der Waals surface area contributed by atoms with Gasteiger partial charge in [0.1, 0.15) is 5.75 Å². The molecule has 2 nitrogen and oxygen atoms in total. The highest BCUT2D eigenvalue weighted by molar-refractivity contribution is 5.47. The summed E-state index contributed by atoms with van der Waals surface area (Å²) in [5.74, 6) is 1.04. The standard InChI is InChI=1S/C16H25NO/c1-11-7-12-9-15(18-6)14(16(2,3)4)8-13(12)10-17(11)5/h8-9,11H,7,10H2,1-6H3/t11-/m0/s1. The normalized spacial score (nSPS) is 20.7. The van der Waals surface area contributed by atoms with Crippen molar-refractivity contribution in [2.45, 2.75) is 52.1 Å². The fourth-order valence-electron chi connectivity index (χ4n) is 2.66. The van der Waals surface area contributed by atoms with Crippen LogP contribution in [0.25, 0.3) is 0 Å². The molecule has 0 saturated heterocycles. The highest BCUT2D eigenvalue weighted by atomic mass is 16.5. The van der Waals surface area contributed by atoms with Gasteiger partial charge < -0.3 is 4.74 Å². The SMILES string of the molecule is COc1cc2c(cc1C(C)(C)C)CN(C)[C@@H](C)C2. The number of hydrogen-bond acceptors (Lipinski definition) is 2. The minimum Gasteiger partial charge on any atom is -0.496 e. The van der Waals surface area contributed by atoms with Crippen LogP contribution in [0.1, 0.15) is 44.4 Å². The smallest absolute Gasteiger partial charge is 0.122 e. The van der Waals surface area contributed by atoms with Crippen LogP contribution in [-0.2, 0) is 18.4 Å². The van der Waals surface area contributed by atoms with Gasteiger partial charge in [-0.05, 0) is 48.6 Å². The van der Waals surface area contributed by atoms with E-state index < -0.39 is 0 Å². The molecule has 2 heteroatoms. The van der Waals surface area contributed by atoms with Crippen LogP contribution in [0.4, 0.5) is 0 Å². The average Bonchev–Trinajstić information content (AvgIpc) is 2.28. The van der Waals surface area contributed by atoms with Crippen molar-refractivity contribution in [2.75, 3.05) is 14.2 Å². The molecular formula is C16H25NO. The van der Waals surface area contributed by atoms with E-state index in [4.69, 9.17) is 4.74 Å². The van der Waals surface area contributed by atoms with Gasteiger partial charge in [0.25, 0.3) is 0 Å². The summed E-state index contributed by atoms with van der Waals surface area (Å²) in [7, 11) is 3.98. The lowest BCUT2D eigenvalue weighted by atomic mass is 9.82. The van der Waals surface area contributed by atoms with Gasteiger partial charge in [0, 0.05) is 12.6 Å². The molecule has 1 aromatic carbocycles. The molecule has 0 aliphatic carbocycles. The van der Waals surface area contributed by atoms with Gasteiger partial charge in [-0.3, -0.25) is 4.90 Å². The molecule has 0 unspecified atom stereocenters. The molecule has 0 N–H and O–H groups in total. The average molecular weight is 247 g/mol. The molecule has 0 aromatic heterocycles. The minimum absolute atomic E-state index is 0.127. The molecule has 100 valence electrons. The molecule has 2 rings (SSSR count). The summed E-state index contributed by atoms with van der Waals surface area (Å²) < 4.78 is 5.59. The molecule has 18 heavy (non-hydrogen) atoms. The Balaban J connectivity index is 2.50. The Bertz CT molecular complexity index is 445. The van der Waals surface area contributed by atoms with E-state index in [0.29, 0.717) is 6.04 Å². The molecule has 0 fully saturated rings. The quantitative estimate of drug-likeness (QED) is 0.754. The van der Waals surface area contributed by atoms with E-state index in [1.54, 1.807) is 7.11 Å². The van der Waals surface area contributed by atoms with Crippen LogP contribution in [0.5, 0.6) is 5.75 Å². The fourth-order valence-corrected chi connectivity index (χ4v) is 2.66. The van der Waals surface area contributed by atoms with E-state index in [-0.39, 0.29) is 5.41 Å². The monoisotopic (exact) mass is 247 g/mol. The number of hydrogen-bond donors (Lipinski definition) is 0. The van der Waals surface area contributed by atoms with Crippen LogP contribution in [0.3, 0.4) is 0 Å². The lowest BCUT2D eigenvalue weighted by Crippen LogP contribution is -2.35. The van der Waals surface area contributed by atoms with Crippen molar-refractivity contribution in [3.05, 3.63) is 28.8 Å². The van der Waals surface area contributed by atoms with E-state index in [1.807, 2.05) is 0 Å². The molecule has 1 heterocycles. The second-order valence-electron chi connectivity index (χ2n) is 6.54. The third-order valence-corrected chi connectivity index (χ3v) is 4.02. The Morgan fingerprint density at radius 3 is 2.44 bits per heavy atom. The van der Waals surface area contributed by atoms with Gasteiger partial charge in [0.05, 0.1) is 7.11 Å².